The lowest BCUT2D eigenvalue weighted by Gasteiger charge is -2.07. The number of ketones is 1. The van der Waals surface area contributed by atoms with Crippen molar-refractivity contribution in [2.24, 2.45) is 0 Å². The van der Waals surface area contributed by atoms with Gasteiger partial charge in [0.15, 0.2) is 5.13 Å². The van der Waals surface area contributed by atoms with E-state index < -0.39 is 23.0 Å². The number of hydrogen-bond acceptors (Lipinski definition) is 7. The van der Waals surface area contributed by atoms with Crippen LogP contribution in [0, 0.1) is 23.0 Å². The van der Waals surface area contributed by atoms with Gasteiger partial charge < -0.3 is 16.4 Å². The fourth-order valence-electron chi connectivity index (χ4n) is 3.36. The predicted molar refractivity (Wildman–Crippen MR) is 133 cm³/mol. The smallest absolute Gasteiger partial charge is 0.251 e. The van der Waals surface area contributed by atoms with Crippen molar-refractivity contribution >= 4 is 39.7 Å². The minimum absolute atomic E-state index is 0.0850. The molecule has 0 aliphatic carbocycles. The Morgan fingerprint density at radius 2 is 1.61 bits per heavy atom. The van der Waals surface area contributed by atoms with E-state index in [9.17, 15) is 18.4 Å². The van der Waals surface area contributed by atoms with Crippen molar-refractivity contribution in [3.05, 3.63) is 105 Å². The summed E-state index contributed by atoms with van der Waals surface area (Å²) in [4.78, 5) is 29.1. The number of nitrogens with two attached hydrogens (primary N) is 1. The Balaban J connectivity index is 1.39. The predicted octanol–water partition coefficient (Wildman–Crippen LogP) is 4.97. The molecule has 0 saturated carbocycles. The number of carbonyl (C=O) groups excluding carboxylic acids is 2. The van der Waals surface area contributed by atoms with Crippen molar-refractivity contribution in [2.45, 2.75) is 13.0 Å². The van der Waals surface area contributed by atoms with E-state index in [0.717, 1.165) is 34.6 Å². The molecule has 1 heterocycles. The first-order valence-electron chi connectivity index (χ1n) is 10.7. The topological polar surface area (TPSA) is 121 Å². The third kappa shape index (κ3) is 5.54. The number of benzene rings is 3. The SMILES string of the molecule is N#CCc1ccc(CNC(=O)c2ccc(Nc3nc(N)c(C(=O)c4c(F)cccc4F)s3)cc2)cc1. The van der Waals surface area contributed by atoms with Crippen molar-refractivity contribution in [1.29, 1.82) is 5.26 Å². The highest BCUT2D eigenvalue weighted by molar-refractivity contribution is 7.18. The molecule has 0 unspecified atom stereocenters. The fourth-order valence-corrected chi connectivity index (χ4v) is 4.21. The summed E-state index contributed by atoms with van der Waals surface area (Å²) < 4.78 is 28.0. The Kier molecular flexibility index (Phi) is 7.32. The molecule has 1 amide bonds. The molecule has 0 fully saturated rings. The van der Waals surface area contributed by atoms with Gasteiger partial charge in [-0.3, -0.25) is 9.59 Å². The highest BCUT2D eigenvalue weighted by Gasteiger charge is 2.24. The first-order valence-corrected chi connectivity index (χ1v) is 11.5. The maximum absolute atomic E-state index is 14.0. The number of nitrogens with zero attached hydrogens (tertiary/aromatic N) is 2. The molecule has 0 bridgehead atoms. The number of thiazole rings is 1. The van der Waals surface area contributed by atoms with Crippen LogP contribution >= 0.6 is 11.3 Å². The lowest BCUT2D eigenvalue weighted by Crippen LogP contribution is -2.22. The van der Waals surface area contributed by atoms with Crippen molar-refractivity contribution < 1.29 is 18.4 Å². The molecule has 4 N–H and O–H groups in total. The molecule has 4 aromatic rings. The molecule has 10 heteroatoms. The van der Waals surface area contributed by atoms with Crippen LogP contribution in [0.1, 0.15) is 36.7 Å². The molecule has 0 aliphatic rings. The average Bonchev–Trinajstić information content (AvgIpc) is 3.23. The largest absolute Gasteiger partial charge is 0.382 e. The van der Waals surface area contributed by atoms with Gasteiger partial charge in [0.05, 0.1) is 18.1 Å². The minimum Gasteiger partial charge on any atom is -0.382 e. The molecule has 0 spiro atoms. The minimum atomic E-state index is -0.979. The van der Waals surface area contributed by atoms with E-state index in [2.05, 4.69) is 21.7 Å². The molecule has 0 saturated heterocycles. The van der Waals surface area contributed by atoms with Crippen LogP contribution in [0.5, 0.6) is 0 Å². The van der Waals surface area contributed by atoms with Crippen LogP contribution in [0.25, 0.3) is 0 Å². The van der Waals surface area contributed by atoms with Crippen LogP contribution in [-0.4, -0.2) is 16.7 Å². The first kappa shape index (κ1) is 24.5. The lowest BCUT2D eigenvalue weighted by molar-refractivity contribution is 0.0950. The summed E-state index contributed by atoms with van der Waals surface area (Å²) in [7, 11) is 0. The molecule has 0 radical (unpaired) electrons. The Morgan fingerprint density at radius 1 is 0.972 bits per heavy atom. The second-order valence-electron chi connectivity index (χ2n) is 7.70. The molecule has 3 aromatic carbocycles. The standard InChI is InChI=1S/C26H19F2N5O2S/c27-19-2-1-3-20(28)21(19)22(34)23-24(30)33-26(36-23)32-18-10-8-17(9-11-18)25(35)31-14-16-6-4-15(5-7-16)12-13-29/h1-11H,12,14,30H2,(H,31,35)(H,32,33). The van der Waals surface area contributed by atoms with E-state index in [1.54, 1.807) is 24.3 Å². The van der Waals surface area contributed by atoms with Crippen LogP contribution < -0.4 is 16.4 Å². The fraction of sp³-hybridized carbons (Fsp3) is 0.0769. The van der Waals surface area contributed by atoms with Crippen LogP contribution in [0.3, 0.4) is 0 Å². The zero-order valence-electron chi connectivity index (χ0n) is 18.7. The molecule has 180 valence electrons. The van der Waals surface area contributed by atoms with E-state index in [1.165, 1.54) is 6.07 Å². The summed E-state index contributed by atoms with van der Waals surface area (Å²) in [6.07, 6.45) is 0.336. The number of nitrogen functional groups attached to an aromatic ring is 1. The van der Waals surface area contributed by atoms with Crippen molar-refractivity contribution in [1.82, 2.24) is 10.3 Å². The first-order chi connectivity index (χ1) is 17.4. The molecule has 1 aromatic heterocycles. The third-order valence-electron chi connectivity index (χ3n) is 5.21. The van der Waals surface area contributed by atoms with Gasteiger partial charge in [-0.05, 0) is 47.5 Å². The third-order valence-corrected chi connectivity index (χ3v) is 6.19. The highest BCUT2D eigenvalue weighted by atomic mass is 32.1. The summed E-state index contributed by atoms with van der Waals surface area (Å²) in [6.45, 7) is 0.337. The Hall–Kier alpha value is -4.62. The summed E-state index contributed by atoms with van der Waals surface area (Å²) in [5.74, 6) is -3.26. The van der Waals surface area contributed by atoms with E-state index in [-0.39, 0.29) is 21.7 Å². The van der Waals surface area contributed by atoms with Gasteiger partial charge in [-0.15, -0.1) is 0 Å². The molecular weight excluding hydrogens is 484 g/mol. The Morgan fingerprint density at radius 3 is 2.25 bits per heavy atom. The number of aromatic nitrogens is 1. The monoisotopic (exact) mass is 503 g/mol. The second-order valence-corrected chi connectivity index (χ2v) is 8.69. The highest BCUT2D eigenvalue weighted by Crippen LogP contribution is 2.31. The molecule has 7 nitrogen and oxygen atoms in total. The number of amides is 1. The second kappa shape index (κ2) is 10.8. The maximum Gasteiger partial charge on any atom is 0.251 e. The van der Waals surface area contributed by atoms with Crippen molar-refractivity contribution in [3.8, 4) is 6.07 Å². The van der Waals surface area contributed by atoms with Gasteiger partial charge >= 0.3 is 0 Å². The number of halogens is 2. The van der Waals surface area contributed by atoms with E-state index >= 15 is 0 Å². The normalized spacial score (nSPS) is 10.5. The number of nitriles is 1. The van der Waals surface area contributed by atoms with Crippen molar-refractivity contribution in [2.75, 3.05) is 11.1 Å². The van der Waals surface area contributed by atoms with Gasteiger partial charge in [0.2, 0.25) is 5.78 Å². The average molecular weight is 504 g/mol. The van der Waals surface area contributed by atoms with E-state index in [4.69, 9.17) is 11.0 Å². The van der Waals surface area contributed by atoms with Crippen molar-refractivity contribution in [3.63, 3.8) is 0 Å². The lowest BCUT2D eigenvalue weighted by atomic mass is 10.1. The van der Waals surface area contributed by atoms with Crippen LogP contribution in [0.15, 0.2) is 66.7 Å². The van der Waals surface area contributed by atoms with Gasteiger partial charge in [-0.2, -0.15) is 5.26 Å². The molecule has 36 heavy (non-hydrogen) atoms. The number of hydrogen-bond donors (Lipinski definition) is 3. The van der Waals surface area contributed by atoms with Gasteiger partial charge in [0, 0.05) is 17.8 Å². The summed E-state index contributed by atoms with van der Waals surface area (Å²) in [5, 5.41) is 14.8. The van der Waals surface area contributed by atoms with Crippen LogP contribution in [0.4, 0.5) is 25.4 Å². The zero-order valence-corrected chi connectivity index (χ0v) is 19.5. The van der Waals surface area contributed by atoms with E-state index in [1.807, 2.05) is 24.3 Å². The number of rotatable bonds is 8. The van der Waals surface area contributed by atoms with E-state index in [0.29, 0.717) is 24.2 Å². The molecule has 0 atom stereocenters. The van der Waals surface area contributed by atoms with Gasteiger partial charge in [0.25, 0.3) is 5.91 Å². The quantitative estimate of drug-likeness (QED) is 0.292. The Labute approximate surface area is 209 Å². The van der Waals surface area contributed by atoms with Gasteiger partial charge in [0.1, 0.15) is 22.3 Å². The zero-order chi connectivity index (χ0) is 25.7. The van der Waals surface area contributed by atoms with Gasteiger partial charge in [-0.1, -0.05) is 41.7 Å². The van der Waals surface area contributed by atoms with Gasteiger partial charge in [-0.25, -0.2) is 13.8 Å². The maximum atomic E-state index is 14.0. The number of carbonyl (C=O) groups is 2. The molecule has 0 aliphatic heterocycles. The van der Waals surface area contributed by atoms with Crippen LogP contribution in [-0.2, 0) is 13.0 Å². The summed E-state index contributed by atoms with van der Waals surface area (Å²) in [5.41, 5.74) is 7.97. The summed E-state index contributed by atoms with van der Waals surface area (Å²) in [6, 6.07) is 19.2. The molecular formula is C26H19F2N5O2S. The molecule has 4 rings (SSSR count). The van der Waals surface area contributed by atoms with Crippen LogP contribution in [0.2, 0.25) is 0 Å². The number of anilines is 3. The Bertz CT molecular complexity index is 1440. The number of nitrogens with one attached hydrogen (secondary N) is 2. The summed E-state index contributed by atoms with van der Waals surface area (Å²) >= 11 is 0.868.